The van der Waals surface area contributed by atoms with Crippen LogP contribution in [0.2, 0.25) is 0 Å². The Kier molecular flexibility index (Phi) is 1.89. The molecule has 0 amide bonds. The highest BCUT2D eigenvalue weighted by molar-refractivity contribution is 5.80. The molecule has 16 heavy (non-hydrogen) atoms. The maximum atomic E-state index is 11.5. The minimum Gasteiger partial charge on any atom is -0.467 e. The zero-order valence-corrected chi connectivity index (χ0v) is 9.40. The van der Waals surface area contributed by atoms with Crippen molar-refractivity contribution in [2.24, 2.45) is 0 Å². The van der Waals surface area contributed by atoms with E-state index in [4.69, 9.17) is 9.47 Å². The molecule has 3 unspecified atom stereocenters. The Bertz CT molecular complexity index is 454. The minimum absolute atomic E-state index is 0.250. The predicted molar refractivity (Wildman–Crippen MR) is 58.2 cm³/mol. The Morgan fingerprint density at radius 3 is 2.94 bits per heavy atom. The molecule has 1 spiro atoms. The summed E-state index contributed by atoms with van der Waals surface area (Å²) in [5.74, 6) is 0.0208. The van der Waals surface area contributed by atoms with Crippen LogP contribution < -0.4 is 0 Å². The molecule has 1 aliphatic heterocycles. The molecule has 0 bridgehead atoms. The molecule has 0 radical (unpaired) electrons. The number of hydrogen-bond acceptors (Lipinski definition) is 3. The lowest BCUT2D eigenvalue weighted by molar-refractivity contribution is -0.142. The van der Waals surface area contributed by atoms with Crippen LogP contribution in [0, 0.1) is 0 Å². The Hall–Kier alpha value is -1.35. The molecular weight excluding hydrogens is 204 g/mol. The van der Waals surface area contributed by atoms with E-state index in [9.17, 15) is 4.79 Å². The van der Waals surface area contributed by atoms with Crippen LogP contribution in [0.15, 0.2) is 24.3 Å². The molecule has 0 aromatic heterocycles. The van der Waals surface area contributed by atoms with Gasteiger partial charge in [-0.05, 0) is 11.1 Å². The van der Waals surface area contributed by atoms with Gasteiger partial charge in [0.2, 0.25) is 0 Å². The molecule has 1 aromatic rings. The molecule has 0 N–H and O–H groups in total. The predicted octanol–water partition coefficient (Wildman–Crippen LogP) is 1.66. The van der Waals surface area contributed by atoms with Gasteiger partial charge in [-0.25, -0.2) is 4.79 Å². The van der Waals surface area contributed by atoms with Crippen LogP contribution in [0.3, 0.4) is 0 Å². The second-order valence-corrected chi connectivity index (χ2v) is 4.57. The van der Waals surface area contributed by atoms with Crippen LogP contribution in [0.5, 0.6) is 0 Å². The number of fused-ring (bicyclic) bond motifs is 1. The molecule has 3 nitrogen and oxygen atoms in total. The molecule has 1 heterocycles. The second-order valence-electron chi connectivity index (χ2n) is 4.57. The maximum Gasteiger partial charge on any atom is 0.338 e. The van der Waals surface area contributed by atoms with E-state index in [2.05, 4.69) is 19.1 Å². The summed E-state index contributed by atoms with van der Waals surface area (Å²) in [6, 6.07) is 8.28. The van der Waals surface area contributed by atoms with Crippen molar-refractivity contribution in [2.75, 3.05) is 7.11 Å². The highest BCUT2D eigenvalue weighted by atomic mass is 16.7. The lowest BCUT2D eigenvalue weighted by Gasteiger charge is -2.10. The van der Waals surface area contributed by atoms with Crippen LogP contribution in [0.25, 0.3) is 0 Å². The van der Waals surface area contributed by atoms with Crippen molar-refractivity contribution >= 4 is 5.97 Å². The van der Waals surface area contributed by atoms with Gasteiger partial charge in [-0.3, -0.25) is 0 Å². The zero-order chi connectivity index (χ0) is 11.3. The van der Waals surface area contributed by atoms with Gasteiger partial charge in [-0.1, -0.05) is 31.2 Å². The summed E-state index contributed by atoms with van der Waals surface area (Å²) in [4.78, 5) is 11.5. The Morgan fingerprint density at radius 2 is 2.25 bits per heavy atom. The summed E-state index contributed by atoms with van der Waals surface area (Å²) < 4.78 is 10.4. The Labute approximate surface area is 94.4 Å². The van der Waals surface area contributed by atoms with Gasteiger partial charge < -0.3 is 9.47 Å². The zero-order valence-electron chi connectivity index (χ0n) is 9.40. The number of hydrogen-bond donors (Lipinski definition) is 0. The molecule has 84 valence electrons. The number of benzene rings is 1. The van der Waals surface area contributed by atoms with Gasteiger partial charge in [0.15, 0.2) is 6.10 Å². The van der Waals surface area contributed by atoms with Crippen molar-refractivity contribution < 1.29 is 14.3 Å². The summed E-state index contributed by atoms with van der Waals surface area (Å²) in [5, 5.41) is 0. The third-order valence-corrected chi connectivity index (χ3v) is 3.86. The third kappa shape index (κ3) is 1.09. The second kappa shape index (κ2) is 3.08. The topological polar surface area (TPSA) is 38.8 Å². The van der Waals surface area contributed by atoms with E-state index in [1.807, 2.05) is 12.1 Å². The van der Waals surface area contributed by atoms with E-state index in [1.54, 1.807) is 0 Å². The van der Waals surface area contributed by atoms with E-state index < -0.39 is 0 Å². The number of ether oxygens (including phenoxy) is 2. The molecular formula is C13H14O3. The lowest BCUT2D eigenvalue weighted by atomic mass is 9.91. The smallest absolute Gasteiger partial charge is 0.338 e. The van der Waals surface area contributed by atoms with Gasteiger partial charge in [0.25, 0.3) is 0 Å². The first-order valence-electron chi connectivity index (χ1n) is 5.52. The molecule has 1 saturated heterocycles. The summed E-state index contributed by atoms with van der Waals surface area (Å²) in [6.45, 7) is 2.12. The fraction of sp³-hybridized carbons (Fsp3) is 0.462. The molecule has 3 atom stereocenters. The first-order valence-corrected chi connectivity index (χ1v) is 5.52. The van der Waals surface area contributed by atoms with Crippen molar-refractivity contribution in [2.45, 2.75) is 31.0 Å². The summed E-state index contributed by atoms with van der Waals surface area (Å²) in [7, 11) is 1.41. The van der Waals surface area contributed by atoms with Crippen LogP contribution in [0.1, 0.15) is 24.0 Å². The normalized spacial score (nSPS) is 34.9. The summed E-state index contributed by atoms with van der Waals surface area (Å²) in [5.41, 5.74) is 2.27. The third-order valence-electron chi connectivity index (χ3n) is 3.86. The molecule has 1 aromatic carbocycles. The quantitative estimate of drug-likeness (QED) is 0.531. The average Bonchev–Trinajstić information content (AvgIpc) is 2.96. The Balaban J connectivity index is 1.92. The van der Waals surface area contributed by atoms with Crippen LogP contribution >= 0.6 is 0 Å². The number of rotatable bonds is 1. The van der Waals surface area contributed by atoms with Gasteiger partial charge >= 0.3 is 5.97 Å². The number of methoxy groups -OCH3 is 1. The number of epoxide rings is 1. The standard InChI is InChI=1S/C13H14O3/c1-8-10-6-4-3-5-9(10)7-13(8)11(16-13)12(14)15-2/h3-6,8,11H,7H2,1-2H3. The van der Waals surface area contributed by atoms with Gasteiger partial charge in [-0.15, -0.1) is 0 Å². The van der Waals surface area contributed by atoms with Gasteiger partial charge in [0.1, 0.15) is 5.60 Å². The van der Waals surface area contributed by atoms with Crippen LogP contribution in [-0.4, -0.2) is 24.8 Å². The first-order chi connectivity index (χ1) is 7.69. The van der Waals surface area contributed by atoms with Gasteiger partial charge in [0, 0.05) is 12.3 Å². The lowest BCUT2D eigenvalue weighted by Crippen LogP contribution is -2.25. The van der Waals surface area contributed by atoms with E-state index in [1.165, 1.54) is 18.2 Å². The fourth-order valence-corrected chi connectivity index (χ4v) is 2.84. The van der Waals surface area contributed by atoms with Crippen molar-refractivity contribution in [3.8, 4) is 0 Å². The number of esters is 1. The van der Waals surface area contributed by atoms with Gasteiger partial charge in [-0.2, -0.15) is 0 Å². The van der Waals surface area contributed by atoms with Crippen molar-refractivity contribution in [3.05, 3.63) is 35.4 Å². The Morgan fingerprint density at radius 1 is 1.50 bits per heavy atom. The van der Waals surface area contributed by atoms with Crippen molar-refractivity contribution in [1.29, 1.82) is 0 Å². The van der Waals surface area contributed by atoms with E-state index >= 15 is 0 Å². The SMILES string of the molecule is COC(=O)C1OC12Cc1ccccc1C2C. The van der Waals surface area contributed by atoms with Gasteiger partial charge in [0.05, 0.1) is 7.11 Å². The maximum absolute atomic E-state index is 11.5. The van der Waals surface area contributed by atoms with Crippen LogP contribution in [-0.2, 0) is 20.7 Å². The monoisotopic (exact) mass is 218 g/mol. The highest BCUT2D eigenvalue weighted by Crippen LogP contribution is 2.55. The van der Waals surface area contributed by atoms with E-state index in [0.29, 0.717) is 0 Å². The fourth-order valence-electron chi connectivity index (χ4n) is 2.84. The minimum atomic E-state index is -0.375. The van der Waals surface area contributed by atoms with Crippen LogP contribution in [0.4, 0.5) is 0 Å². The number of carbonyl (C=O) groups is 1. The molecule has 0 saturated carbocycles. The highest BCUT2D eigenvalue weighted by Gasteiger charge is 2.67. The molecule has 1 fully saturated rings. The van der Waals surface area contributed by atoms with Crippen molar-refractivity contribution in [1.82, 2.24) is 0 Å². The van der Waals surface area contributed by atoms with Crippen molar-refractivity contribution in [3.63, 3.8) is 0 Å². The molecule has 3 heteroatoms. The van der Waals surface area contributed by atoms with E-state index in [-0.39, 0.29) is 23.6 Å². The average molecular weight is 218 g/mol. The summed E-state index contributed by atoms with van der Waals surface area (Å²) in [6.07, 6.45) is 0.448. The molecule has 2 aliphatic rings. The summed E-state index contributed by atoms with van der Waals surface area (Å²) >= 11 is 0. The van der Waals surface area contributed by atoms with E-state index in [0.717, 1.165) is 6.42 Å². The molecule has 3 rings (SSSR count). The largest absolute Gasteiger partial charge is 0.467 e. The first kappa shape index (κ1) is 9.85. The molecule has 1 aliphatic carbocycles. The number of carbonyl (C=O) groups excluding carboxylic acids is 1.